The van der Waals surface area contributed by atoms with Crippen LogP contribution in [0, 0.1) is 0 Å². The van der Waals surface area contributed by atoms with Gasteiger partial charge in [-0.1, -0.05) is 20.8 Å². The molecule has 0 aromatic carbocycles. The number of hydrogen-bond donors (Lipinski definition) is 1. The van der Waals surface area contributed by atoms with Gasteiger partial charge in [-0.15, -0.1) is 0 Å². The number of amides is 1. The van der Waals surface area contributed by atoms with Gasteiger partial charge >= 0.3 is 6.09 Å². The van der Waals surface area contributed by atoms with Gasteiger partial charge in [-0.3, -0.25) is 4.90 Å². The van der Waals surface area contributed by atoms with Crippen molar-refractivity contribution in [2.24, 2.45) is 0 Å². The number of nitrogens with zero attached hydrogens (tertiary/aromatic N) is 1. The fourth-order valence-corrected chi connectivity index (χ4v) is 3.19. The maximum atomic E-state index is 12.3. The number of likely N-dealkylation sites (tertiary alicyclic amines) is 1. The number of rotatable bonds is 4. The standard InChI is InChI=1S/C16H33NO4Si/c1-15(2,3)21-14(19)17-12(10-18)9-13(17)11-20-22(7,8)16(4,5)6/h12-13,18H,9-11H2,1-8H3/t12-,13+/m1/s1. The lowest BCUT2D eigenvalue weighted by Crippen LogP contribution is -2.63. The molecule has 130 valence electrons. The zero-order valence-corrected chi connectivity index (χ0v) is 16.4. The van der Waals surface area contributed by atoms with E-state index < -0.39 is 13.9 Å². The highest BCUT2D eigenvalue weighted by molar-refractivity contribution is 6.74. The number of aliphatic hydroxyl groups is 1. The number of carbonyl (C=O) groups is 1. The summed E-state index contributed by atoms with van der Waals surface area (Å²) in [5.41, 5.74) is -0.530. The Labute approximate surface area is 136 Å². The van der Waals surface area contributed by atoms with Crippen LogP contribution in [0.15, 0.2) is 0 Å². The van der Waals surface area contributed by atoms with Gasteiger partial charge < -0.3 is 14.3 Å². The molecule has 1 fully saturated rings. The van der Waals surface area contributed by atoms with E-state index >= 15 is 0 Å². The number of carbonyl (C=O) groups excluding carboxylic acids is 1. The molecule has 0 radical (unpaired) electrons. The van der Waals surface area contributed by atoms with E-state index in [-0.39, 0.29) is 29.8 Å². The molecule has 0 aromatic heterocycles. The van der Waals surface area contributed by atoms with E-state index in [0.29, 0.717) is 6.61 Å². The third kappa shape index (κ3) is 4.70. The van der Waals surface area contributed by atoms with E-state index in [9.17, 15) is 9.90 Å². The van der Waals surface area contributed by atoms with Gasteiger partial charge in [0.05, 0.1) is 25.3 Å². The molecule has 0 spiro atoms. The van der Waals surface area contributed by atoms with Crippen molar-refractivity contribution in [2.75, 3.05) is 13.2 Å². The summed E-state index contributed by atoms with van der Waals surface area (Å²) in [4.78, 5) is 13.9. The summed E-state index contributed by atoms with van der Waals surface area (Å²) >= 11 is 0. The maximum absolute atomic E-state index is 12.3. The Morgan fingerprint density at radius 2 is 1.73 bits per heavy atom. The van der Waals surface area contributed by atoms with Crippen LogP contribution in [0.1, 0.15) is 48.0 Å². The summed E-state index contributed by atoms with van der Waals surface area (Å²) in [7, 11) is -1.83. The Morgan fingerprint density at radius 3 is 2.14 bits per heavy atom. The highest BCUT2D eigenvalue weighted by Crippen LogP contribution is 2.38. The Morgan fingerprint density at radius 1 is 1.18 bits per heavy atom. The number of hydrogen-bond acceptors (Lipinski definition) is 4. The molecule has 0 bridgehead atoms. The quantitative estimate of drug-likeness (QED) is 0.802. The smallest absolute Gasteiger partial charge is 0.410 e. The van der Waals surface area contributed by atoms with Gasteiger partial charge in [0.25, 0.3) is 0 Å². The Balaban J connectivity index is 2.66. The first-order chi connectivity index (χ1) is 9.78. The van der Waals surface area contributed by atoms with Crippen LogP contribution in [0.3, 0.4) is 0 Å². The highest BCUT2D eigenvalue weighted by atomic mass is 28.4. The molecule has 1 saturated heterocycles. The molecule has 2 atom stereocenters. The average Bonchev–Trinajstić information content (AvgIpc) is 2.23. The summed E-state index contributed by atoms with van der Waals surface area (Å²) in [6, 6.07) is -0.149. The maximum Gasteiger partial charge on any atom is 0.410 e. The predicted molar refractivity (Wildman–Crippen MR) is 90.5 cm³/mol. The molecule has 1 aliphatic rings. The van der Waals surface area contributed by atoms with Crippen molar-refractivity contribution in [3.8, 4) is 0 Å². The van der Waals surface area contributed by atoms with Crippen molar-refractivity contribution in [2.45, 2.75) is 83.8 Å². The second-order valence-corrected chi connectivity index (χ2v) is 13.5. The van der Waals surface area contributed by atoms with Crippen LogP contribution < -0.4 is 0 Å². The van der Waals surface area contributed by atoms with E-state index in [2.05, 4.69) is 33.9 Å². The Kier molecular flexibility index (Phi) is 5.74. The molecule has 0 aliphatic carbocycles. The van der Waals surface area contributed by atoms with Crippen LogP contribution in [0.4, 0.5) is 4.79 Å². The normalized spacial score (nSPS) is 23.2. The van der Waals surface area contributed by atoms with Gasteiger partial charge in [-0.2, -0.15) is 0 Å². The Bertz CT molecular complexity index is 398. The van der Waals surface area contributed by atoms with E-state index in [1.807, 2.05) is 20.8 Å². The van der Waals surface area contributed by atoms with Gasteiger partial charge in [0, 0.05) is 0 Å². The lowest BCUT2D eigenvalue weighted by molar-refractivity contribution is -0.0569. The molecule has 22 heavy (non-hydrogen) atoms. The minimum atomic E-state index is -1.83. The molecule has 1 aliphatic heterocycles. The monoisotopic (exact) mass is 331 g/mol. The molecule has 5 nitrogen and oxygen atoms in total. The average molecular weight is 332 g/mol. The summed E-state index contributed by atoms with van der Waals surface area (Å²) < 4.78 is 11.6. The molecular formula is C16H33NO4Si. The van der Waals surface area contributed by atoms with Crippen molar-refractivity contribution in [1.82, 2.24) is 4.90 Å². The second-order valence-electron chi connectivity index (χ2n) is 8.68. The van der Waals surface area contributed by atoms with Crippen LogP contribution in [0.25, 0.3) is 0 Å². The van der Waals surface area contributed by atoms with E-state index in [1.165, 1.54) is 0 Å². The lowest BCUT2D eigenvalue weighted by atomic mass is 9.95. The van der Waals surface area contributed by atoms with Gasteiger partial charge in [-0.05, 0) is 45.3 Å². The van der Waals surface area contributed by atoms with E-state index in [4.69, 9.17) is 9.16 Å². The molecule has 1 amide bonds. The van der Waals surface area contributed by atoms with Crippen molar-refractivity contribution in [3.63, 3.8) is 0 Å². The third-order valence-electron chi connectivity index (χ3n) is 4.59. The molecule has 1 heterocycles. The number of ether oxygens (including phenoxy) is 1. The van der Waals surface area contributed by atoms with Gasteiger partial charge in [0.15, 0.2) is 8.32 Å². The van der Waals surface area contributed by atoms with Crippen LogP contribution in [0.2, 0.25) is 18.1 Å². The second kappa shape index (κ2) is 6.49. The number of aliphatic hydroxyl groups excluding tert-OH is 1. The van der Waals surface area contributed by atoms with Crippen molar-refractivity contribution < 1.29 is 19.1 Å². The molecule has 0 aromatic rings. The zero-order chi connectivity index (χ0) is 17.3. The largest absolute Gasteiger partial charge is 0.444 e. The van der Waals surface area contributed by atoms with Crippen LogP contribution in [-0.2, 0) is 9.16 Å². The van der Waals surface area contributed by atoms with E-state index in [1.54, 1.807) is 4.90 Å². The summed E-state index contributed by atoms with van der Waals surface area (Å²) in [5, 5.41) is 9.54. The lowest BCUT2D eigenvalue weighted by Gasteiger charge is -2.49. The first kappa shape index (κ1) is 19.5. The molecule has 6 heteroatoms. The van der Waals surface area contributed by atoms with Crippen LogP contribution in [-0.4, -0.2) is 55.3 Å². The fourth-order valence-electron chi connectivity index (χ4n) is 2.15. The predicted octanol–water partition coefficient (Wildman–Crippen LogP) is 3.38. The van der Waals surface area contributed by atoms with Crippen molar-refractivity contribution in [1.29, 1.82) is 0 Å². The molecule has 1 rings (SSSR count). The molecule has 1 N–H and O–H groups in total. The summed E-state index contributed by atoms with van der Waals surface area (Å²) in [6.07, 6.45) is 0.409. The minimum absolute atomic E-state index is 0.00104. The first-order valence-corrected chi connectivity index (χ1v) is 11.0. The van der Waals surface area contributed by atoms with Gasteiger partial charge in [-0.25, -0.2) is 4.79 Å². The third-order valence-corrected chi connectivity index (χ3v) is 9.09. The van der Waals surface area contributed by atoms with E-state index in [0.717, 1.165) is 6.42 Å². The van der Waals surface area contributed by atoms with Crippen molar-refractivity contribution >= 4 is 14.4 Å². The SMILES string of the molecule is CC(C)(C)OC(=O)N1[C@H](CO[Si](C)(C)C(C)(C)C)C[C@@H]1CO. The van der Waals surface area contributed by atoms with Gasteiger partial charge in [0.2, 0.25) is 0 Å². The first-order valence-electron chi connectivity index (χ1n) is 8.04. The topological polar surface area (TPSA) is 59.0 Å². The zero-order valence-electron chi connectivity index (χ0n) is 15.4. The fraction of sp³-hybridized carbons (Fsp3) is 0.938. The summed E-state index contributed by atoms with van der Waals surface area (Å²) in [6.45, 7) is 17.0. The minimum Gasteiger partial charge on any atom is -0.444 e. The molecular weight excluding hydrogens is 298 g/mol. The van der Waals surface area contributed by atoms with Gasteiger partial charge in [0.1, 0.15) is 5.60 Å². The van der Waals surface area contributed by atoms with Crippen LogP contribution in [0.5, 0.6) is 0 Å². The molecule has 0 saturated carbocycles. The highest BCUT2D eigenvalue weighted by Gasteiger charge is 2.45. The van der Waals surface area contributed by atoms with Crippen molar-refractivity contribution in [3.05, 3.63) is 0 Å². The summed E-state index contributed by atoms with van der Waals surface area (Å²) in [5.74, 6) is 0. The Hall–Kier alpha value is -0.593. The van der Waals surface area contributed by atoms with Crippen LogP contribution >= 0.6 is 0 Å². The molecule has 0 unspecified atom stereocenters.